The Labute approximate surface area is 228 Å². The van der Waals surface area contributed by atoms with E-state index in [4.69, 9.17) is 4.74 Å². The molecule has 4 aromatic rings. The second kappa shape index (κ2) is 11.0. The number of fused-ring (bicyclic) bond motifs is 1. The van der Waals surface area contributed by atoms with E-state index in [0.717, 1.165) is 60.6 Å². The van der Waals surface area contributed by atoms with E-state index in [0.29, 0.717) is 5.56 Å². The highest BCUT2D eigenvalue weighted by molar-refractivity contribution is 6.04. The first-order valence-electron chi connectivity index (χ1n) is 13.5. The summed E-state index contributed by atoms with van der Waals surface area (Å²) in [4.78, 5) is 32.4. The fraction of sp³-hybridized carbons (Fsp3) is 0.281. The number of aromatic nitrogens is 1. The van der Waals surface area contributed by atoms with Crippen molar-refractivity contribution < 1.29 is 14.3 Å². The molecule has 2 aliphatic rings. The molecule has 0 unspecified atom stereocenters. The molecule has 7 nitrogen and oxygen atoms in total. The number of nitrogens with one attached hydrogen (secondary N) is 2. The van der Waals surface area contributed by atoms with E-state index >= 15 is 0 Å². The predicted molar refractivity (Wildman–Crippen MR) is 153 cm³/mol. The predicted octanol–water partition coefficient (Wildman–Crippen LogP) is 5.31. The molecule has 7 heteroatoms. The first-order chi connectivity index (χ1) is 19.0. The summed E-state index contributed by atoms with van der Waals surface area (Å²) in [7, 11) is 0. The molecular weight excluding hydrogens is 488 g/mol. The second-order valence-electron chi connectivity index (χ2n) is 10.5. The lowest BCUT2D eigenvalue weighted by Gasteiger charge is -2.26. The van der Waals surface area contributed by atoms with Gasteiger partial charge in [0, 0.05) is 60.3 Å². The van der Waals surface area contributed by atoms with Crippen LogP contribution < -0.4 is 10.6 Å². The first kappa shape index (κ1) is 25.2. The number of pyridine rings is 1. The van der Waals surface area contributed by atoms with Gasteiger partial charge in [-0.3, -0.25) is 19.5 Å². The molecule has 3 atom stereocenters. The van der Waals surface area contributed by atoms with Crippen molar-refractivity contribution in [1.82, 2.24) is 9.88 Å². The molecule has 1 saturated heterocycles. The van der Waals surface area contributed by atoms with Crippen molar-refractivity contribution in [3.8, 4) is 0 Å². The highest BCUT2D eigenvalue weighted by Gasteiger charge is 2.52. The van der Waals surface area contributed by atoms with Crippen LogP contribution in [0.3, 0.4) is 0 Å². The third-order valence-electron chi connectivity index (χ3n) is 7.87. The van der Waals surface area contributed by atoms with Crippen molar-refractivity contribution in [3.63, 3.8) is 0 Å². The van der Waals surface area contributed by atoms with Crippen molar-refractivity contribution >= 4 is 34.0 Å². The summed E-state index contributed by atoms with van der Waals surface area (Å²) in [6.45, 7) is 6.44. The summed E-state index contributed by atoms with van der Waals surface area (Å²) in [5.74, 6) is 0.178. The molecule has 198 valence electrons. The van der Waals surface area contributed by atoms with Gasteiger partial charge in [-0.05, 0) is 70.8 Å². The number of nitrogens with zero attached hydrogens (tertiary/aromatic N) is 2. The topological polar surface area (TPSA) is 83.6 Å². The van der Waals surface area contributed by atoms with Gasteiger partial charge in [0.05, 0.1) is 13.2 Å². The molecule has 1 saturated carbocycles. The van der Waals surface area contributed by atoms with Crippen LogP contribution in [0, 0.1) is 11.8 Å². The van der Waals surface area contributed by atoms with E-state index < -0.39 is 0 Å². The molecule has 1 aliphatic carbocycles. The molecule has 0 bridgehead atoms. The highest BCUT2D eigenvalue weighted by atomic mass is 16.5. The van der Waals surface area contributed by atoms with Crippen LogP contribution in [0.15, 0.2) is 85.2 Å². The standard InChI is InChI=1S/C32H32N4O3/c1-21-29(30(21)32(38)35-28-11-8-26-19-33-13-12-25(26)18-28)23-4-6-24(7-5-23)31(37)34-27-9-2-22(3-10-27)20-36-14-16-39-17-15-36/h2-13,18-19,21,29-30H,14-17,20H2,1H3,(H,34,37)(H,35,38)/t21-,29+,30-/m1/s1. The van der Waals surface area contributed by atoms with Crippen LogP contribution in [0.5, 0.6) is 0 Å². The maximum absolute atomic E-state index is 13.0. The van der Waals surface area contributed by atoms with Gasteiger partial charge in [0.25, 0.3) is 5.91 Å². The molecule has 1 aliphatic heterocycles. The van der Waals surface area contributed by atoms with Crippen molar-refractivity contribution in [2.45, 2.75) is 19.4 Å². The Kier molecular flexibility index (Phi) is 7.09. The number of hydrogen-bond acceptors (Lipinski definition) is 5. The summed E-state index contributed by atoms with van der Waals surface area (Å²) in [5, 5.41) is 8.15. The molecule has 39 heavy (non-hydrogen) atoms. The average molecular weight is 521 g/mol. The zero-order valence-electron chi connectivity index (χ0n) is 22.0. The molecule has 2 heterocycles. The summed E-state index contributed by atoms with van der Waals surface area (Å²) >= 11 is 0. The van der Waals surface area contributed by atoms with Crippen LogP contribution in [0.1, 0.15) is 34.3 Å². The Bertz CT molecular complexity index is 1480. The van der Waals surface area contributed by atoms with E-state index in [1.165, 1.54) is 5.56 Å². The number of carbonyl (C=O) groups excluding carboxylic acids is 2. The lowest BCUT2D eigenvalue weighted by molar-refractivity contribution is -0.117. The number of benzene rings is 3. The molecule has 0 spiro atoms. The summed E-state index contributed by atoms with van der Waals surface area (Å²) in [6.07, 6.45) is 3.56. The highest BCUT2D eigenvalue weighted by Crippen LogP contribution is 2.54. The number of hydrogen-bond donors (Lipinski definition) is 2. The van der Waals surface area contributed by atoms with Crippen LogP contribution in [-0.4, -0.2) is 48.0 Å². The van der Waals surface area contributed by atoms with Gasteiger partial charge >= 0.3 is 0 Å². The first-order valence-corrected chi connectivity index (χ1v) is 13.5. The van der Waals surface area contributed by atoms with Crippen LogP contribution in [0.4, 0.5) is 11.4 Å². The monoisotopic (exact) mass is 520 g/mol. The summed E-state index contributed by atoms with van der Waals surface area (Å²) < 4.78 is 5.41. The van der Waals surface area contributed by atoms with E-state index in [-0.39, 0.29) is 29.6 Å². The van der Waals surface area contributed by atoms with Crippen molar-refractivity contribution in [2.75, 3.05) is 36.9 Å². The van der Waals surface area contributed by atoms with E-state index in [9.17, 15) is 9.59 Å². The second-order valence-corrected chi connectivity index (χ2v) is 10.5. The fourth-order valence-corrected chi connectivity index (χ4v) is 5.53. The smallest absolute Gasteiger partial charge is 0.255 e. The summed E-state index contributed by atoms with van der Waals surface area (Å²) in [5.41, 5.74) is 4.45. The van der Waals surface area contributed by atoms with Gasteiger partial charge < -0.3 is 15.4 Å². The zero-order valence-corrected chi connectivity index (χ0v) is 22.0. The number of anilines is 2. The van der Waals surface area contributed by atoms with Gasteiger partial charge in [0.15, 0.2) is 0 Å². The minimum atomic E-state index is -0.146. The lowest BCUT2D eigenvalue weighted by Crippen LogP contribution is -2.35. The van der Waals surface area contributed by atoms with Crippen LogP contribution in [-0.2, 0) is 16.1 Å². The van der Waals surface area contributed by atoms with Crippen molar-refractivity contribution in [3.05, 3.63) is 102 Å². The SMILES string of the molecule is C[C@H]1[C@@H](C(=O)Nc2ccc3cnccc3c2)[C@@H]1c1ccc(C(=O)Nc2ccc(CN3CCOCC3)cc2)cc1. The number of carbonyl (C=O) groups is 2. The van der Waals surface area contributed by atoms with E-state index in [1.54, 1.807) is 6.20 Å². The van der Waals surface area contributed by atoms with Gasteiger partial charge in [-0.25, -0.2) is 0 Å². The van der Waals surface area contributed by atoms with Gasteiger partial charge in [-0.1, -0.05) is 37.3 Å². The number of morpholine rings is 1. The fourth-order valence-electron chi connectivity index (χ4n) is 5.53. The number of ether oxygens (including phenoxy) is 1. The van der Waals surface area contributed by atoms with Gasteiger partial charge in [-0.2, -0.15) is 0 Å². The summed E-state index contributed by atoms with van der Waals surface area (Å²) in [6, 6.07) is 23.4. The Morgan fingerprint density at radius 2 is 1.64 bits per heavy atom. The van der Waals surface area contributed by atoms with Crippen molar-refractivity contribution in [1.29, 1.82) is 0 Å². The molecule has 3 aromatic carbocycles. The molecule has 1 aromatic heterocycles. The molecule has 2 amide bonds. The Hall–Kier alpha value is -4.07. The van der Waals surface area contributed by atoms with Crippen LogP contribution >= 0.6 is 0 Å². The Morgan fingerprint density at radius 3 is 2.41 bits per heavy atom. The van der Waals surface area contributed by atoms with E-state index in [1.807, 2.05) is 66.9 Å². The van der Waals surface area contributed by atoms with Gasteiger partial charge in [0.2, 0.25) is 5.91 Å². The molecule has 2 N–H and O–H groups in total. The maximum atomic E-state index is 13.0. The molecule has 2 fully saturated rings. The third kappa shape index (κ3) is 5.70. The average Bonchev–Trinajstić information content (AvgIpc) is 3.65. The zero-order chi connectivity index (χ0) is 26.8. The lowest BCUT2D eigenvalue weighted by atomic mass is 10.1. The number of rotatable bonds is 7. The van der Waals surface area contributed by atoms with Gasteiger partial charge in [-0.15, -0.1) is 0 Å². The van der Waals surface area contributed by atoms with Crippen LogP contribution in [0.25, 0.3) is 10.8 Å². The number of amides is 2. The van der Waals surface area contributed by atoms with Crippen molar-refractivity contribution in [2.24, 2.45) is 11.8 Å². The quantitative estimate of drug-likeness (QED) is 0.345. The van der Waals surface area contributed by atoms with E-state index in [2.05, 4.69) is 39.6 Å². The Morgan fingerprint density at radius 1 is 0.897 bits per heavy atom. The molecule has 6 rings (SSSR count). The minimum absolute atomic E-state index is 0.0276. The van der Waals surface area contributed by atoms with Gasteiger partial charge in [0.1, 0.15) is 0 Å². The minimum Gasteiger partial charge on any atom is -0.379 e. The third-order valence-corrected chi connectivity index (χ3v) is 7.87. The Balaban J connectivity index is 1.04. The molecule has 0 radical (unpaired) electrons. The van der Waals surface area contributed by atoms with Crippen LogP contribution in [0.2, 0.25) is 0 Å². The maximum Gasteiger partial charge on any atom is 0.255 e. The molecular formula is C32H32N4O3. The largest absolute Gasteiger partial charge is 0.379 e. The normalized spacial score (nSPS) is 20.9.